The highest BCUT2D eigenvalue weighted by molar-refractivity contribution is 6.05. The van der Waals surface area contributed by atoms with Gasteiger partial charge in [-0.3, -0.25) is 9.78 Å². The van der Waals surface area contributed by atoms with Crippen molar-refractivity contribution in [1.82, 2.24) is 9.99 Å². The van der Waals surface area contributed by atoms with Crippen LogP contribution in [0.15, 0.2) is 90.3 Å². The van der Waals surface area contributed by atoms with Gasteiger partial charge >= 0.3 is 0 Å². The predicted octanol–water partition coefficient (Wildman–Crippen LogP) is 4.07. The first-order chi connectivity index (χ1) is 12.3. The standard InChI is InChI=1S/C21H17N3O/c25-21(18-9-5-2-6-10-18)24-20(17-11-13-22-14-12-17)15-19(23-24)16-7-3-1-4-8-16/h1-14,20H,15H2. The van der Waals surface area contributed by atoms with E-state index in [-0.39, 0.29) is 11.9 Å². The molecule has 0 bridgehead atoms. The number of amides is 1. The summed E-state index contributed by atoms with van der Waals surface area (Å²) in [6.45, 7) is 0. The number of hydrogen-bond donors (Lipinski definition) is 0. The van der Waals surface area contributed by atoms with Crippen LogP contribution in [0.2, 0.25) is 0 Å². The molecule has 1 aliphatic heterocycles. The Balaban J connectivity index is 1.73. The number of pyridine rings is 1. The maximum Gasteiger partial charge on any atom is 0.274 e. The van der Waals surface area contributed by atoms with Gasteiger partial charge < -0.3 is 0 Å². The molecule has 0 N–H and O–H groups in total. The van der Waals surface area contributed by atoms with Crippen LogP contribution in [0.1, 0.15) is 33.9 Å². The van der Waals surface area contributed by atoms with E-state index in [4.69, 9.17) is 0 Å². The second-order valence-corrected chi connectivity index (χ2v) is 5.93. The first-order valence-electron chi connectivity index (χ1n) is 8.24. The third-order valence-electron chi connectivity index (χ3n) is 4.34. The van der Waals surface area contributed by atoms with Gasteiger partial charge in [-0.2, -0.15) is 5.10 Å². The van der Waals surface area contributed by atoms with Gasteiger partial charge in [-0.25, -0.2) is 5.01 Å². The fraction of sp³-hybridized carbons (Fsp3) is 0.0952. The van der Waals surface area contributed by atoms with Gasteiger partial charge in [-0.15, -0.1) is 0 Å². The zero-order chi connectivity index (χ0) is 17.1. The smallest absolute Gasteiger partial charge is 0.267 e. The Kier molecular flexibility index (Phi) is 4.09. The molecule has 0 fully saturated rings. The van der Waals surface area contributed by atoms with Crippen molar-refractivity contribution < 1.29 is 4.79 Å². The normalized spacial score (nSPS) is 16.6. The lowest BCUT2D eigenvalue weighted by Gasteiger charge is -2.22. The molecule has 122 valence electrons. The van der Waals surface area contributed by atoms with Gasteiger partial charge in [0.05, 0.1) is 11.8 Å². The van der Waals surface area contributed by atoms with Gasteiger partial charge in [-0.1, -0.05) is 48.5 Å². The molecule has 2 aromatic carbocycles. The minimum absolute atomic E-state index is 0.0895. The maximum atomic E-state index is 13.0. The summed E-state index contributed by atoms with van der Waals surface area (Å²) in [5.41, 5.74) is 3.64. The summed E-state index contributed by atoms with van der Waals surface area (Å²) in [6, 6.07) is 23.1. The summed E-state index contributed by atoms with van der Waals surface area (Å²) < 4.78 is 0. The average molecular weight is 327 g/mol. The van der Waals surface area contributed by atoms with Crippen LogP contribution < -0.4 is 0 Å². The van der Waals surface area contributed by atoms with Gasteiger partial charge in [0.15, 0.2) is 0 Å². The molecule has 0 saturated carbocycles. The molecule has 0 spiro atoms. The number of rotatable bonds is 3. The lowest BCUT2D eigenvalue weighted by atomic mass is 9.99. The topological polar surface area (TPSA) is 45.6 Å². The molecule has 2 heterocycles. The van der Waals surface area contributed by atoms with Crippen molar-refractivity contribution in [3.8, 4) is 0 Å². The summed E-state index contributed by atoms with van der Waals surface area (Å²) >= 11 is 0. The number of nitrogens with zero attached hydrogens (tertiary/aromatic N) is 3. The molecule has 25 heavy (non-hydrogen) atoms. The Labute approximate surface area is 146 Å². The van der Waals surface area contributed by atoms with Crippen LogP contribution >= 0.6 is 0 Å². The van der Waals surface area contributed by atoms with Gasteiger partial charge in [0.25, 0.3) is 5.91 Å². The van der Waals surface area contributed by atoms with Crippen molar-refractivity contribution in [3.63, 3.8) is 0 Å². The summed E-state index contributed by atoms with van der Waals surface area (Å²) in [7, 11) is 0. The van der Waals surface area contributed by atoms with Crippen LogP contribution in [-0.2, 0) is 0 Å². The number of carbonyl (C=O) groups is 1. The zero-order valence-electron chi connectivity index (χ0n) is 13.6. The Morgan fingerprint density at radius 3 is 2.20 bits per heavy atom. The van der Waals surface area contributed by atoms with Gasteiger partial charge in [-0.05, 0) is 35.4 Å². The highest BCUT2D eigenvalue weighted by atomic mass is 16.2. The summed E-state index contributed by atoms with van der Waals surface area (Å²) in [4.78, 5) is 17.1. The number of hydrogen-bond acceptors (Lipinski definition) is 3. The van der Waals surface area contributed by atoms with E-state index in [0.717, 1.165) is 16.8 Å². The van der Waals surface area contributed by atoms with Gasteiger partial charge in [0, 0.05) is 24.4 Å². The van der Waals surface area contributed by atoms with E-state index in [0.29, 0.717) is 12.0 Å². The Morgan fingerprint density at radius 2 is 1.52 bits per heavy atom. The molecular weight excluding hydrogens is 310 g/mol. The highest BCUT2D eigenvalue weighted by Gasteiger charge is 2.33. The zero-order valence-corrected chi connectivity index (χ0v) is 13.6. The van der Waals surface area contributed by atoms with Crippen LogP contribution in [-0.4, -0.2) is 21.6 Å². The molecule has 1 amide bonds. The van der Waals surface area contributed by atoms with E-state index in [1.165, 1.54) is 0 Å². The van der Waals surface area contributed by atoms with Crippen LogP contribution in [0.25, 0.3) is 0 Å². The molecule has 4 nitrogen and oxygen atoms in total. The van der Waals surface area contributed by atoms with Crippen molar-refractivity contribution in [2.45, 2.75) is 12.5 Å². The van der Waals surface area contributed by atoms with Crippen LogP contribution in [0.5, 0.6) is 0 Å². The van der Waals surface area contributed by atoms with E-state index < -0.39 is 0 Å². The lowest BCUT2D eigenvalue weighted by molar-refractivity contribution is 0.0711. The molecule has 1 aromatic heterocycles. The van der Waals surface area contributed by atoms with Gasteiger partial charge in [0.1, 0.15) is 0 Å². The number of benzene rings is 2. The van der Waals surface area contributed by atoms with Crippen molar-refractivity contribution in [3.05, 3.63) is 102 Å². The number of aromatic nitrogens is 1. The quantitative estimate of drug-likeness (QED) is 0.728. The Morgan fingerprint density at radius 1 is 0.880 bits per heavy atom. The van der Waals surface area contributed by atoms with Gasteiger partial charge in [0.2, 0.25) is 0 Å². The first kappa shape index (κ1) is 15.3. The fourth-order valence-corrected chi connectivity index (χ4v) is 3.06. The monoisotopic (exact) mass is 327 g/mol. The number of carbonyl (C=O) groups excluding carboxylic acids is 1. The van der Waals surface area contributed by atoms with Crippen LogP contribution in [0, 0.1) is 0 Å². The third kappa shape index (κ3) is 3.06. The van der Waals surface area contributed by atoms with Crippen molar-refractivity contribution >= 4 is 11.6 Å². The van der Waals surface area contributed by atoms with Crippen LogP contribution in [0.3, 0.4) is 0 Å². The first-order valence-corrected chi connectivity index (χ1v) is 8.24. The fourth-order valence-electron chi connectivity index (χ4n) is 3.06. The van der Waals surface area contributed by atoms with E-state index in [9.17, 15) is 4.79 Å². The van der Waals surface area contributed by atoms with Crippen molar-refractivity contribution in [2.24, 2.45) is 5.10 Å². The second-order valence-electron chi connectivity index (χ2n) is 5.93. The molecule has 0 radical (unpaired) electrons. The summed E-state index contributed by atoms with van der Waals surface area (Å²) in [5.74, 6) is -0.0895. The van der Waals surface area contributed by atoms with Crippen molar-refractivity contribution in [1.29, 1.82) is 0 Å². The Bertz CT molecular complexity index is 892. The minimum Gasteiger partial charge on any atom is -0.267 e. The van der Waals surface area contributed by atoms with E-state index >= 15 is 0 Å². The molecule has 1 aliphatic rings. The molecule has 0 aliphatic carbocycles. The molecule has 4 heteroatoms. The molecule has 0 saturated heterocycles. The summed E-state index contributed by atoms with van der Waals surface area (Å²) in [5, 5.41) is 6.28. The second kappa shape index (κ2) is 6.69. The Hall–Kier alpha value is -3.27. The van der Waals surface area contributed by atoms with E-state index in [1.54, 1.807) is 17.4 Å². The summed E-state index contributed by atoms with van der Waals surface area (Å²) in [6.07, 6.45) is 4.19. The lowest BCUT2D eigenvalue weighted by Crippen LogP contribution is -2.27. The SMILES string of the molecule is O=C(c1ccccc1)N1N=C(c2ccccc2)CC1c1ccncc1. The number of hydrazone groups is 1. The molecule has 1 atom stereocenters. The molecule has 3 aromatic rings. The van der Waals surface area contributed by atoms with E-state index in [1.807, 2.05) is 72.8 Å². The van der Waals surface area contributed by atoms with E-state index in [2.05, 4.69) is 10.1 Å². The third-order valence-corrected chi connectivity index (χ3v) is 4.34. The average Bonchev–Trinajstić information content (AvgIpc) is 3.15. The van der Waals surface area contributed by atoms with Crippen LogP contribution in [0.4, 0.5) is 0 Å². The molecular formula is C21H17N3O. The maximum absolute atomic E-state index is 13.0. The molecule has 4 rings (SSSR count). The molecule has 1 unspecified atom stereocenters. The highest BCUT2D eigenvalue weighted by Crippen LogP contribution is 2.33. The minimum atomic E-state index is -0.120. The van der Waals surface area contributed by atoms with Crippen molar-refractivity contribution in [2.75, 3.05) is 0 Å². The predicted molar refractivity (Wildman–Crippen MR) is 97.2 cm³/mol. The largest absolute Gasteiger partial charge is 0.274 e.